The van der Waals surface area contributed by atoms with Crippen LogP contribution in [0.5, 0.6) is 5.75 Å². The minimum absolute atomic E-state index is 0.275. The Balaban J connectivity index is 3.28. The number of rotatable bonds is 3. The van der Waals surface area contributed by atoms with Gasteiger partial charge >= 0.3 is 12.4 Å². The molecule has 0 aliphatic carbocycles. The molecule has 0 fully saturated rings. The zero-order valence-corrected chi connectivity index (χ0v) is 9.85. The average Bonchev–Trinajstić information content (AvgIpc) is 2.23. The van der Waals surface area contributed by atoms with E-state index < -0.39 is 47.2 Å². The molecule has 0 aliphatic rings. The lowest BCUT2D eigenvalue weighted by Gasteiger charge is -2.24. The number of anilines is 1. The highest BCUT2D eigenvalue weighted by Gasteiger charge is 2.59. The maximum Gasteiger partial charge on any atom is 0.434 e. The highest BCUT2D eigenvalue weighted by Crippen LogP contribution is 2.37. The maximum absolute atomic E-state index is 13.3. The first-order valence-corrected chi connectivity index (χ1v) is 5.03. The summed E-state index contributed by atoms with van der Waals surface area (Å²) in [6.07, 6.45) is -15.9. The number of ether oxygens (including phenoxy) is 1. The topological polar surface area (TPSA) is 78.3 Å². The van der Waals surface area contributed by atoms with Gasteiger partial charge in [-0.25, -0.2) is 4.39 Å². The molecule has 0 aromatic heterocycles. The molecule has 0 saturated carbocycles. The minimum atomic E-state index is -5.83. The molecule has 0 bridgehead atoms. The fraction of sp³-hybridized carbons (Fsp3) is 0.300. The third-order valence-electron chi connectivity index (χ3n) is 2.21. The molecule has 0 spiro atoms. The van der Waals surface area contributed by atoms with Gasteiger partial charge in [0.15, 0.2) is 11.6 Å². The quantitative estimate of drug-likeness (QED) is 0.663. The Kier molecular flexibility index (Phi) is 4.25. The molecule has 0 aliphatic heterocycles. The number of halogens is 7. The SMILES string of the molecule is NC(=O)c1cc(OC(C(F)(F)F)C(F)(F)F)c(F)cc1N. The van der Waals surface area contributed by atoms with Crippen LogP contribution in [-0.4, -0.2) is 24.4 Å². The second-order valence-corrected chi connectivity index (χ2v) is 3.82. The number of carbonyl (C=O) groups is 1. The number of benzene rings is 1. The second kappa shape index (κ2) is 5.30. The Hall–Kier alpha value is -2.20. The van der Waals surface area contributed by atoms with E-state index in [0.29, 0.717) is 6.07 Å². The van der Waals surface area contributed by atoms with Crippen molar-refractivity contribution in [3.63, 3.8) is 0 Å². The van der Waals surface area contributed by atoms with E-state index in [1.54, 1.807) is 0 Å². The number of nitrogens with two attached hydrogens (primary N) is 2. The third-order valence-corrected chi connectivity index (χ3v) is 2.21. The van der Waals surface area contributed by atoms with Crippen molar-refractivity contribution >= 4 is 11.6 Å². The summed E-state index contributed by atoms with van der Waals surface area (Å²) >= 11 is 0. The van der Waals surface area contributed by atoms with Gasteiger partial charge in [0.1, 0.15) is 0 Å². The predicted octanol–water partition coefficient (Wildman–Crippen LogP) is 2.38. The molecule has 1 aromatic carbocycles. The first-order valence-electron chi connectivity index (χ1n) is 5.03. The Bertz CT molecular complexity index is 540. The summed E-state index contributed by atoms with van der Waals surface area (Å²) < 4.78 is 90.7. The van der Waals surface area contributed by atoms with Crippen LogP contribution < -0.4 is 16.2 Å². The van der Waals surface area contributed by atoms with Crippen LogP contribution in [0.4, 0.5) is 36.4 Å². The number of hydrogen-bond donors (Lipinski definition) is 2. The monoisotopic (exact) mass is 320 g/mol. The van der Waals surface area contributed by atoms with E-state index in [2.05, 4.69) is 4.74 Å². The van der Waals surface area contributed by atoms with Gasteiger partial charge in [0.25, 0.3) is 12.0 Å². The van der Waals surface area contributed by atoms with Gasteiger partial charge in [0, 0.05) is 11.8 Å². The third kappa shape index (κ3) is 3.89. The summed E-state index contributed by atoms with van der Waals surface area (Å²) in [6.45, 7) is 0. The maximum atomic E-state index is 13.3. The van der Waals surface area contributed by atoms with E-state index in [9.17, 15) is 35.5 Å². The molecule has 0 radical (unpaired) electrons. The molecular formula is C10H7F7N2O2. The van der Waals surface area contributed by atoms with Crippen molar-refractivity contribution in [1.29, 1.82) is 0 Å². The lowest BCUT2D eigenvalue weighted by Crippen LogP contribution is -2.46. The molecule has 4 N–H and O–H groups in total. The Labute approximate surface area is 112 Å². The highest BCUT2D eigenvalue weighted by molar-refractivity contribution is 5.98. The van der Waals surface area contributed by atoms with Crippen molar-refractivity contribution in [3.8, 4) is 5.75 Å². The minimum Gasteiger partial charge on any atom is -0.468 e. The van der Waals surface area contributed by atoms with Crippen molar-refractivity contribution in [3.05, 3.63) is 23.5 Å². The zero-order chi connectivity index (χ0) is 16.6. The normalized spacial score (nSPS) is 12.6. The van der Waals surface area contributed by atoms with E-state index in [1.807, 2.05) is 0 Å². The van der Waals surface area contributed by atoms with Crippen LogP contribution in [0.2, 0.25) is 0 Å². The van der Waals surface area contributed by atoms with Crippen LogP contribution in [-0.2, 0) is 0 Å². The second-order valence-electron chi connectivity index (χ2n) is 3.82. The summed E-state index contributed by atoms with van der Waals surface area (Å²) in [6, 6.07) is 0.608. The molecule has 0 saturated heterocycles. The molecule has 0 unspecified atom stereocenters. The van der Waals surface area contributed by atoms with Gasteiger partial charge < -0.3 is 16.2 Å². The summed E-state index contributed by atoms with van der Waals surface area (Å²) in [5.41, 5.74) is 8.72. The molecular weight excluding hydrogens is 313 g/mol. The summed E-state index contributed by atoms with van der Waals surface area (Å²) in [4.78, 5) is 10.9. The van der Waals surface area contributed by atoms with Gasteiger partial charge in [0.05, 0.1) is 5.56 Å². The van der Waals surface area contributed by atoms with Gasteiger partial charge in [-0.1, -0.05) is 0 Å². The Morgan fingerprint density at radius 3 is 1.95 bits per heavy atom. The number of amides is 1. The van der Waals surface area contributed by atoms with Gasteiger partial charge in [0.2, 0.25) is 0 Å². The van der Waals surface area contributed by atoms with Gasteiger partial charge in [-0.2, -0.15) is 26.3 Å². The van der Waals surface area contributed by atoms with E-state index in [-0.39, 0.29) is 6.07 Å². The molecule has 1 amide bonds. The Morgan fingerprint density at radius 1 is 1.10 bits per heavy atom. The highest BCUT2D eigenvalue weighted by atomic mass is 19.4. The van der Waals surface area contributed by atoms with Gasteiger partial charge in [-0.05, 0) is 6.07 Å². The summed E-state index contributed by atoms with van der Waals surface area (Å²) in [5.74, 6) is -4.32. The molecule has 0 atom stereocenters. The molecule has 4 nitrogen and oxygen atoms in total. The van der Waals surface area contributed by atoms with E-state index >= 15 is 0 Å². The fourth-order valence-electron chi connectivity index (χ4n) is 1.32. The van der Waals surface area contributed by atoms with E-state index in [0.717, 1.165) is 0 Å². The van der Waals surface area contributed by atoms with Crippen LogP contribution in [0.15, 0.2) is 12.1 Å². The lowest BCUT2D eigenvalue weighted by molar-refractivity contribution is -0.300. The van der Waals surface area contributed by atoms with Gasteiger partial charge in [-0.15, -0.1) is 0 Å². The smallest absolute Gasteiger partial charge is 0.434 e. The van der Waals surface area contributed by atoms with Crippen molar-refractivity contribution in [2.45, 2.75) is 18.5 Å². The Morgan fingerprint density at radius 2 is 1.57 bits per heavy atom. The van der Waals surface area contributed by atoms with Crippen LogP contribution in [0.3, 0.4) is 0 Å². The van der Waals surface area contributed by atoms with Crippen molar-refractivity contribution in [1.82, 2.24) is 0 Å². The molecule has 11 heteroatoms. The van der Waals surface area contributed by atoms with Crippen LogP contribution in [0.1, 0.15) is 10.4 Å². The van der Waals surface area contributed by atoms with Crippen LogP contribution in [0.25, 0.3) is 0 Å². The number of alkyl halides is 6. The predicted molar refractivity (Wildman–Crippen MR) is 55.9 cm³/mol. The van der Waals surface area contributed by atoms with Crippen LogP contribution in [0, 0.1) is 5.82 Å². The van der Waals surface area contributed by atoms with Crippen molar-refractivity contribution < 1.29 is 40.3 Å². The lowest BCUT2D eigenvalue weighted by atomic mass is 10.1. The number of carbonyl (C=O) groups excluding carboxylic acids is 1. The molecule has 1 rings (SSSR count). The molecule has 0 heterocycles. The van der Waals surface area contributed by atoms with Crippen molar-refractivity contribution in [2.75, 3.05) is 5.73 Å². The summed E-state index contributed by atoms with van der Waals surface area (Å²) in [5, 5.41) is 0. The van der Waals surface area contributed by atoms with E-state index in [1.165, 1.54) is 0 Å². The van der Waals surface area contributed by atoms with Crippen molar-refractivity contribution in [2.24, 2.45) is 5.73 Å². The summed E-state index contributed by atoms with van der Waals surface area (Å²) in [7, 11) is 0. The zero-order valence-electron chi connectivity index (χ0n) is 9.85. The molecule has 118 valence electrons. The number of hydrogen-bond acceptors (Lipinski definition) is 3. The molecule has 1 aromatic rings. The van der Waals surface area contributed by atoms with E-state index in [4.69, 9.17) is 11.5 Å². The standard InChI is InChI=1S/C10H7F7N2O2/c11-4-2-5(18)3(7(19)20)1-6(4)21-8(9(12,13)14)10(15,16)17/h1-2,8H,18H2,(H2,19,20). The van der Waals surface area contributed by atoms with Gasteiger partial charge in [-0.3, -0.25) is 4.79 Å². The average molecular weight is 320 g/mol. The number of nitrogen functional groups attached to an aromatic ring is 1. The first-order chi connectivity index (χ1) is 9.34. The largest absolute Gasteiger partial charge is 0.468 e. The van der Waals surface area contributed by atoms with Crippen LogP contribution >= 0.6 is 0 Å². The molecule has 21 heavy (non-hydrogen) atoms. The number of primary amides is 1. The first kappa shape index (κ1) is 16.9. The fourth-order valence-corrected chi connectivity index (χ4v) is 1.32.